The van der Waals surface area contributed by atoms with Crippen LogP contribution < -0.4 is 4.90 Å². The van der Waals surface area contributed by atoms with Gasteiger partial charge in [-0.3, -0.25) is 0 Å². The number of fused-ring (bicyclic) bond motifs is 9. The summed E-state index contributed by atoms with van der Waals surface area (Å²) in [5, 5.41) is 2.59. The number of thiophene rings is 1. The summed E-state index contributed by atoms with van der Waals surface area (Å²) in [6.45, 7) is 9.49. The van der Waals surface area contributed by atoms with Gasteiger partial charge in [-0.1, -0.05) is 155 Å². The van der Waals surface area contributed by atoms with Crippen molar-refractivity contribution in [3.63, 3.8) is 0 Å². The predicted molar refractivity (Wildman–Crippen MR) is 240 cm³/mol. The molecule has 1 heterocycles. The van der Waals surface area contributed by atoms with E-state index in [4.69, 9.17) is 0 Å². The summed E-state index contributed by atoms with van der Waals surface area (Å²) in [5.41, 5.74) is 19.1. The van der Waals surface area contributed by atoms with Crippen LogP contribution in [0.1, 0.15) is 49.9 Å². The third kappa shape index (κ3) is 4.85. The van der Waals surface area contributed by atoms with Crippen molar-refractivity contribution in [1.82, 2.24) is 0 Å². The summed E-state index contributed by atoms with van der Waals surface area (Å²) in [7, 11) is 0. The van der Waals surface area contributed by atoms with E-state index < -0.39 is 0 Å². The van der Waals surface area contributed by atoms with Crippen LogP contribution in [0.25, 0.3) is 64.7 Å². The molecule has 1 aromatic heterocycles. The Hall–Kier alpha value is -6.22. The van der Waals surface area contributed by atoms with E-state index >= 15 is 0 Å². The smallest absolute Gasteiger partial charge is 0.0646 e. The fourth-order valence-corrected chi connectivity index (χ4v) is 10.9. The topological polar surface area (TPSA) is 3.24 Å². The Labute approximate surface area is 333 Å². The van der Waals surface area contributed by atoms with Gasteiger partial charge in [0.25, 0.3) is 0 Å². The first kappa shape index (κ1) is 33.1. The molecule has 0 unspecified atom stereocenters. The zero-order valence-electron chi connectivity index (χ0n) is 32.1. The number of rotatable bonds is 5. The number of anilines is 3. The molecule has 0 N–H and O–H groups in total. The highest BCUT2D eigenvalue weighted by Crippen LogP contribution is 2.54. The molecule has 56 heavy (non-hydrogen) atoms. The molecule has 9 aromatic rings. The van der Waals surface area contributed by atoms with Crippen LogP contribution in [-0.4, -0.2) is 0 Å². The molecule has 2 aliphatic carbocycles. The molecule has 8 aromatic carbocycles. The van der Waals surface area contributed by atoms with Gasteiger partial charge in [-0.2, -0.15) is 0 Å². The first-order valence-corrected chi connectivity index (χ1v) is 20.5. The molecule has 0 fully saturated rings. The van der Waals surface area contributed by atoms with Crippen molar-refractivity contribution in [2.75, 3.05) is 4.90 Å². The second-order valence-corrected chi connectivity index (χ2v) is 17.6. The third-order valence-electron chi connectivity index (χ3n) is 12.7. The predicted octanol–water partition coefficient (Wildman–Crippen LogP) is 15.5. The van der Waals surface area contributed by atoms with Crippen LogP contribution in [-0.2, 0) is 10.8 Å². The highest BCUT2D eigenvalue weighted by Gasteiger charge is 2.37. The van der Waals surface area contributed by atoms with Crippen molar-refractivity contribution in [3.8, 4) is 44.5 Å². The van der Waals surface area contributed by atoms with Crippen molar-refractivity contribution in [3.05, 3.63) is 198 Å². The lowest BCUT2D eigenvalue weighted by atomic mass is 9.81. The number of benzene rings is 8. The quantitative estimate of drug-likeness (QED) is 0.170. The van der Waals surface area contributed by atoms with Gasteiger partial charge in [0.15, 0.2) is 0 Å². The summed E-state index contributed by atoms with van der Waals surface area (Å²) in [4.78, 5) is 2.52. The molecular weight excluding hydrogens is 695 g/mol. The summed E-state index contributed by atoms with van der Waals surface area (Å²) in [6, 6.07) is 65.8. The van der Waals surface area contributed by atoms with Crippen LogP contribution >= 0.6 is 11.3 Å². The Bertz CT molecular complexity index is 3020. The molecule has 0 radical (unpaired) electrons. The van der Waals surface area contributed by atoms with E-state index in [2.05, 4.69) is 209 Å². The van der Waals surface area contributed by atoms with Gasteiger partial charge < -0.3 is 4.90 Å². The SMILES string of the molecule is CC1(C)c2ccccc2-c2ccc(-c3cc(N(c4ccc(-c5ccccc5)cc4)c4ccc5c(c4)C(C)(C)c4ccccc4-5)c4sc5ccccc5c4c3)cc21. The van der Waals surface area contributed by atoms with E-state index in [0.717, 1.165) is 5.69 Å². The largest absolute Gasteiger partial charge is 0.309 e. The summed E-state index contributed by atoms with van der Waals surface area (Å²) < 4.78 is 2.59. The number of hydrogen-bond acceptors (Lipinski definition) is 2. The number of nitrogens with zero attached hydrogens (tertiary/aromatic N) is 1. The van der Waals surface area contributed by atoms with Gasteiger partial charge in [-0.25, -0.2) is 0 Å². The minimum atomic E-state index is -0.117. The third-order valence-corrected chi connectivity index (χ3v) is 13.9. The Morgan fingerprint density at radius 2 is 0.911 bits per heavy atom. The van der Waals surface area contributed by atoms with E-state index in [1.54, 1.807) is 0 Å². The van der Waals surface area contributed by atoms with E-state index in [9.17, 15) is 0 Å². The van der Waals surface area contributed by atoms with Crippen LogP contribution in [0.15, 0.2) is 176 Å². The van der Waals surface area contributed by atoms with Crippen molar-refractivity contribution in [2.45, 2.75) is 38.5 Å². The van der Waals surface area contributed by atoms with E-state index in [0.29, 0.717) is 0 Å². The first-order valence-electron chi connectivity index (χ1n) is 19.7. The molecule has 0 spiro atoms. The molecule has 2 aliphatic rings. The second-order valence-electron chi connectivity index (χ2n) is 16.6. The maximum Gasteiger partial charge on any atom is 0.0646 e. The van der Waals surface area contributed by atoms with E-state index in [1.165, 1.54) is 98.3 Å². The Balaban J connectivity index is 1.16. The van der Waals surface area contributed by atoms with Crippen LogP contribution in [0.2, 0.25) is 0 Å². The zero-order chi connectivity index (χ0) is 37.8. The molecular formula is C54H41NS. The van der Waals surface area contributed by atoms with Crippen LogP contribution in [0.3, 0.4) is 0 Å². The molecule has 0 amide bonds. The second kappa shape index (κ2) is 12.1. The molecule has 11 rings (SSSR count). The molecule has 0 bridgehead atoms. The monoisotopic (exact) mass is 735 g/mol. The van der Waals surface area contributed by atoms with Gasteiger partial charge in [0.2, 0.25) is 0 Å². The van der Waals surface area contributed by atoms with Gasteiger partial charge in [0, 0.05) is 37.7 Å². The van der Waals surface area contributed by atoms with Gasteiger partial charge in [-0.15, -0.1) is 11.3 Å². The lowest BCUT2D eigenvalue weighted by Crippen LogP contribution is -2.16. The molecule has 0 saturated carbocycles. The van der Waals surface area contributed by atoms with Gasteiger partial charge in [-0.05, 0) is 115 Å². The van der Waals surface area contributed by atoms with Crippen molar-refractivity contribution in [1.29, 1.82) is 0 Å². The molecule has 0 aliphatic heterocycles. The first-order chi connectivity index (χ1) is 27.3. The fraction of sp³-hybridized carbons (Fsp3) is 0.111. The van der Waals surface area contributed by atoms with Crippen molar-refractivity contribution < 1.29 is 0 Å². The van der Waals surface area contributed by atoms with Gasteiger partial charge in [0.05, 0.1) is 10.4 Å². The molecule has 0 saturated heterocycles. The lowest BCUT2D eigenvalue weighted by Gasteiger charge is -2.29. The van der Waals surface area contributed by atoms with Crippen LogP contribution in [0.4, 0.5) is 17.1 Å². The lowest BCUT2D eigenvalue weighted by molar-refractivity contribution is 0.660. The average molecular weight is 736 g/mol. The molecule has 0 atom stereocenters. The van der Waals surface area contributed by atoms with E-state index in [-0.39, 0.29) is 10.8 Å². The minimum Gasteiger partial charge on any atom is -0.309 e. The zero-order valence-corrected chi connectivity index (χ0v) is 32.9. The van der Waals surface area contributed by atoms with Crippen molar-refractivity contribution >= 4 is 48.6 Å². The average Bonchev–Trinajstić information content (AvgIpc) is 3.81. The summed E-state index contributed by atoms with van der Waals surface area (Å²) >= 11 is 1.89. The van der Waals surface area contributed by atoms with Crippen molar-refractivity contribution in [2.24, 2.45) is 0 Å². The summed E-state index contributed by atoms with van der Waals surface area (Å²) in [5.74, 6) is 0. The van der Waals surface area contributed by atoms with E-state index in [1.807, 2.05) is 11.3 Å². The molecule has 268 valence electrons. The Morgan fingerprint density at radius 1 is 0.375 bits per heavy atom. The number of hydrogen-bond donors (Lipinski definition) is 0. The van der Waals surface area contributed by atoms with Gasteiger partial charge in [0.1, 0.15) is 0 Å². The fourth-order valence-electron chi connectivity index (χ4n) is 9.72. The highest BCUT2D eigenvalue weighted by atomic mass is 32.1. The van der Waals surface area contributed by atoms with Crippen LogP contribution in [0, 0.1) is 0 Å². The normalized spacial score (nSPS) is 14.4. The highest BCUT2D eigenvalue weighted by molar-refractivity contribution is 7.26. The molecule has 1 nitrogen and oxygen atoms in total. The Morgan fingerprint density at radius 3 is 1.62 bits per heavy atom. The minimum absolute atomic E-state index is 0.0781. The Kier molecular flexibility index (Phi) is 7.18. The van der Waals surface area contributed by atoms with Crippen LogP contribution in [0.5, 0.6) is 0 Å². The summed E-state index contributed by atoms with van der Waals surface area (Å²) in [6.07, 6.45) is 0. The maximum absolute atomic E-state index is 2.52. The molecule has 2 heteroatoms. The maximum atomic E-state index is 2.52. The van der Waals surface area contributed by atoms with Gasteiger partial charge >= 0.3 is 0 Å². The standard InChI is InChI=1S/C54H41NS/c1-53(2)46-19-11-8-16-40(46)42-28-24-36(31-48(42)53)37-30-45-44-18-10-13-21-51(44)56-52(45)50(32-37)55(38-25-22-35(23-26-38)34-14-6-5-7-15-34)39-27-29-43-41-17-9-12-20-47(41)54(3,4)49(43)33-39/h5-33H,1-4H3.